The largest absolute Gasteiger partial charge is 0.392 e. The fourth-order valence-corrected chi connectivity index (χ4v) is 2.51. The van der Waals surface area contributed by atoms with Crippen LogP contribution in [0.3, 0.4) is 0 Å². The number of hydrogen-bond donors (Lipinski definition) is 2. The molecule has 20 heavy (non-hydrogen) atoms. The van der Waals surface area contributed by atoms with Crippen molar-refractivity contribution in [2.75, 3.05) is 7.05 Å². The van der Waals surface area contributed by atoms with Crippen molar-refractivity contribution >= 4 is 5.91 Å². The second kappa shape index (κ2) is 6.32. The zero-order chi connectivity index (χ0) is 14.7. The van der Waals surface area contributed by atoms with Crippen LogP contribution in [0.5, 0.6) is 0 Å². The molecule has 1 heterocycles. The van der Waals surface area contributed by atoms with E-state index < -0.39 is 6.10 Å². The third-order valence-electron chi connectivity index (χ3n) is 3.78. The molecule has 112 valence electrons. The highest BCUT2D eigenvalue weighted by atomic mass is 16.5. The van der Waals surface area contributed by atoms with Gasteiger partial charge in [0.2, 0.25) is 11.8 Å². The lowest BCUT2D eigenvalue weighted by Crippen LogP contribution is -2.45. The summed E-state index contributed by atoms with van der Waals surface area (Å²) in [6, 6.07) is -0.317. The van der Waals surface area contributed by atoms with Crippen LogP contribution in [0.25, 0.3) is 0 Å². The van der Waals surface area contributed by atoms with Crippen molar-refractivity contribution in [1.82, 2.24) is 15.0 Å². The molecule has 7 nitrogen and oxygen atoms in total. The van der Waals surface area contributed by atoms with E-state index in [1.54, 1.807) is 11.9 Å². The highest BCUT2D eigenvalue weighted by Crippen LogP contribution is 2.25. The van der Waals surface area contributed by atoms with Gasteiger partial charge < -0.3 is 20.3 Å². The normalized spacial score (nSPS) is 26.5. The molecule has 1 aliphatic carbocycles. The predicted octanol–water partition coefficient (Wildman–Crippen LogP) is 0.0787. The lowest BCUT2D eigenvalue weighted by Gasteiger charge is -2.32. The molecule has 2 rings (SSSR count). The van der Waals surface area contributed by atoms with Crippen molar-refractivity contribution in [2.45, 2.75) is 51.3 Å². The molecule has 1 aliphatic rings. The molecule has 0 radical (unpaired) electrons. The van der Waals surface area contributed by atoms with Crippen LogP contribution in [0.15, 0.2) is 4.52 Å². The average molecular weight is 282 g/mol. The van der Waals surface area contributed by atoms with Crippen LogP contribution < -0.4 is 5.73 Å². The summed E-state index contributed by atoms with van der Waals surface area (Å²) in [6.07, 6.45) is 1.96. The van der Waals surface area contributed by atoms with Gasteiger partial charge in [0.05, 0.1) is 12.6 Å². The van der Waals surface area contributed by atoms with Gasteiger partial charge in [-0.1, -0.05) is 12.1 Å². The fraction of sp³-hybridized carbons (Fsp3) is 0.769. The quantitative estimate of drug-likeness (QED) is 0.810. The van der Waals surface area contributed by atoms with Gasteiger partial charge >= 0.3 is 0 Å². The monoisotopic (exact) mass is 282 g/mol. The van der Waals surface area contributed by atoms with E-state index in [0.29, 0.717) is 43.9 Å². The van der Waals surface area contributed by atoms with Crippen molar-refractivity contribution in [3.05, 3.63) is 11.7 Å². The van der Waals surface area contributed by atoms with Crippen LogP contribution in [0, 0.1) is 5.92 Å². The first-order valence-corrected chi connectivity index (χ1v) is 7.01. The summed E-state index contributed by atoms with van der Waals surface area (Å²) < 4.78 is 5.02. The number of hydrogen-bond acceptors (Lipinski definition) is 6. The van der Waals surface area contributed by atoms with Gasteiger partial charge in [-0.05, 0) is 19.3 Å². The van der Waals surface area contributed by atoms with Crippen LogP contribution in [-0.4, -0.2) is 45.2 Å². The maximum Gasteiger partial charge on any atom is 0.226 e. The number of aromatic nitrogens is 2. The molecule has 1 amide bonds. The van der Waals surface area contributed by atoms with Gasteiger partial charge in [0.25, 0.3) is 0 Å². The number of rotatable bonds is 4. The third kappa shape index (κ3) is 3.34. The molecular weight excluding hydrogens is 260 g/mol. The van der Waals surface area contributed by atoms with E-state index in [4.69, 9.17) is 10.3 Å². The molecule has 7 heteroatoms. The molecule has 1 aromatic heterocycles. The van der Waals surface area contributed by atoms with Crippen LogP contribution >= 0.6 is 0 Å². The van der Waals surface area contributed by atoms with Gasteiger partial charge in [0, 0.05) is 25.4 Å². The molecule has 0 saturated heterocycles. The molecule has 3 N–H and O–H groups in total. The van der Waals surface area contributed by atoms with Gasteiger partial charge in [0.15, 0.2) is 5.82 Å². The Labute approximate surface area is 118 Å². The smallest absolute Gasteiger partial charge is 0.226 e. The molecule has 0 bridgehead atoms. The van der Waals surface area contributed by atoms with E-state index >= 15 is 0 Å². The van der Waals surface area contributed by atoms with E-state index in [1.807, 2.05) is 6.92 Å². The lowest BCUT2D eigenvalue weighted by atomic mass is 9.83. The number of nitrogens with two attached hydrogens (primary N) is 1. The third-order valence-corrected chi connectivity index (χ3v) is 3.78. The Bertz CT molecular complexity index is 462. The summed E-state index contributed by atoms with van der Waals surface area (Å²) in [6.45, 7) is 2.26. The summed E-state index contributed by atoms with van der Waals surface area (Å²) in [5.74, 6) is 0.979. The molecule has 0 spiro atoms. The maximum absolute atomic E-state index is 12.3. The van der Waals surface area contributed by atoms with E-state index in [0.717, 1.165) is 0 Å². The highest BCUT2D eigenvalue weighted by Gasteiger charge is 2.32. The standard InChI is InChI=1S/C13H22N4O3/c1-3-12-15-11(16-20-12)7-17(2)13(19)8-4-5-10(18)9(14)6-8/h8-10,18H,3-7,14H2,1-2H3/t8-,9+,10+/m0/s1. The first-order chi connectivity index (χ1) is 9.51. The number of aliphatic hydroxyl groups is 1. The van der Waals surface area contributed by atoms with Gasteiger partial charge in [0.1, 0.15) is 0 Å². The number of carbonyl (C=O) groups is 1. The van der Waals surface area contributed by atoms with Crippen molar-refractivity contribution in [3.8, 4) is 0 Å². The van der Waals surface area contributed by atoms with Gasteiger partial charge in [-0.2, -0.15) is 4.98 Å². The van der Waals surface area contributed by atoms with Crippen molar-refractivity contribution in [1.29, 1.82) is 0 Å². The topological polar surface area (TPSA) is 105 Å². The maximum atomic E-state index is 12.3. The van der Waals surface area contributed by atoms with Crippen molar-refractivity contribution in [2.24, 2.45) is 11.7 Å². The number of carbonyl (C=O) groups excluding carboxylic acids is 1. The fourth-order valence-electron chi connectivity index (χ4n) is 2.51. The Hall–Kier alpha value is -1.47. The molecule has 1 saturated carbocycles. The molecule has 1 aromatic rings. The Balaban J connectivity index is 1.91. The summed E-state index contributed by atoms with van der Waals surface area (Å²) in [7, 11) is 1.72. The summed E-state index contributed by atoms with van der Waals surface area (Å²) >= 11 is 0. The van der Waals surface area contributed by atoms with Crippen LogP contribution in [0.1, 0.15) is 37.9 Å². The van der Waals surface area contributed by atoms with Crippen molar-refractivity contribution in [3.63, 3.8) is 0 Å². The Morgan fingerprint density at radius 3 is 2.90 bits per heavy atom. The minimum Gasteiger partial charge on any atom is -0.392 e. The average Bonchev–Trinajstić information content (AvgIpc) is 2.88. The van der Waals surface area contributed by atoms with Crippen LogP contribution in [0.4, 0.5) is 0 Å². The second-order valence-electron chi connectivity index (χ2n) is 5.39. The number of aryl methyl sites for hydroxylation is 1. The minimum absolute atomic E-state index is 0.0233. The summed E-state index contributed by atoms with van der Waals surface area (Å²) in [5.41, 5.74) is 5.82. The SMILES string of the molecule is CCc1nc(CN(C)C(=O)[C@H]2CC[C@@H](O)[C@H](N)C2)no1. The van der Waals surface area contributed by atoms with Gasteiger partial charge in [-0.15, -0.1) is 0 Å². The predicted molar refractivity (Wildman–Crippen MR) is 71.5 cm³/mol. The summed E-state index contributed by atoms with van der Waals surface area (Å²) in [5, 5.41) is 13.4. The van der Waals surface area contributed by atoms with E-state index in [-0.39, 0.29) is 17.9 Å². The van der Waals surface area contributed by atoms with Crippen LogP contribution in [0.2, 0.25) is 0 Å². The first-order valence-electron chi connectivity index (χ1n) is 7.01. The first kappa shape index (κ1) is 14.9. The second-order valence-corrected chi connectivity index (χ2v) is 5.39. The van der Waals surface area contributed by atoms with E-state index in [2.05, 4.69) is 10.1 Å². The lowest BCUT2D eigenvalue weighted by molar-refractivity contribution is -0.136. The number of aliphatic hydroxyl groups excluding tert-OH is 1. The molecule has 0 aliphatic heterocycles. The summed E-state index contributed by atoms with van der Waals surface area (Å²) in [4.78, 5) is 18.1. The van der Waals surface area contributed by atoms with E-state index in [1.165, 1.54) is 0 Å². The molecule has 3 atom stereocenters. The van der Waals surface area contributed by atoms with Gasteiger partial charge in [-0.25, -0.2) is 0 Å². The minimum atomic E-state index is -0.492. The zero-order valence-electron chi connectivity index (χ0n) is 12.0. The molecular formula is C13H22N4O3. The Morgan fingerprint density at radius 1 is 1.55 bits per heavy atom. The highest BCUT2D eigenvalue weighted by molar-refractivity contribution is 5.78. The zero-order valence-corrected chi connectivity index (χ0v) is 12.0. The molecule has 0 unspecified atom stereocenters. The van der Waals surface area contributed by atoms with Gasteiger partial charge in [-0.3, -0.25) is 4.79 Å². The van der Waals surface area contributed by atoms with E-state index in [9.17, 15) is 9.90 Å². The number of amides is 1. The van der Waals surface area contributed by atoms with Crippen molar-refractivity contribution < 1.29 is 14.4 Å². The Morgan fingerprint density at radius 2 is 2.30 bits per heavy atom. The molecule has 1 fully saturated rings. The Kier molecular flexibility index (Phi) is 4.72. The molecule has 0 aromatic carbocycles. The number of nitrogens with zero attached hydrogens (tertiary/aromatic N) is 3. The van der Waals surface area contributed by atoms with Crippen LogP contribution in [-0.2, 0) is 17.8 Å².